The second-order valence-corrected chi connectivity index (χ2v) is 7.00. The van der Waals surface area contributed by atoms with Gasteiger partial charge in [0.25, 0.3) is 5.91 Å². The predicted octanol–water partition coefficient (Wildman–Crippen LogP) is 3.00. The number of fused-ring (bicyclic) bond motifs is 1. The number of hydrogen-bond acceptors (Lipinski definition) is 4. The van der Waals surface area contributed by atoms with Crippen molar-refractivity contribution in [2.75, 3.05) is 5.32 Å². The molecule has 3 amide bonds. The van der Waals surface area contributed by atoms with Crippen molar-refractivity contribution in [3.63, 3.8) is 0 Å². The SMILES string of the molecule is Cc1cc(C(=O)Nc2ccc(CC3CC(=O)NC3=O)cc2)c2ccccc2n1. The lowest BCUT2D eigenvalue weighted by molar-refractivity contribution is -0.125. The summed E-state index contributed by atoms with van der Waals surface area (Å²) in [6.07, 6.45) is 0.728. The van der Waals surface area contributed by atoms with Crippen LogP contribution in [0, 0.1) is 12.8 Å². The van der Waals surface area contributed by atoms with Gasteiger partial charge in [0.05, 0.1) is 17.0 Å². The number of imide groups is 1. The molecule has 28 heavy (non-hydrogen) atoms. The van der Waals surface area contributed by atoms with E-state index in [0.29, 0.717) is 17.7 Å². The Balaban J connectivity index is 1.50. The number of benzene rings is 2. The summed E-state index contributed by atoms with van der Waals surface area (Å²) in [6.45, 7) is 1.86. The maximum Gasteiger partial charge on any atom is 0.256 e. The molecule has 2 N–H and O–H groups in total. The molecule has 2 heterocycles. The number of carbonyl (C=O) groups excluding carboxylic acids is 3. The van der Waals surface area contributed by atoms with E-state index in [0.717, 1.165) is 22.2 Å². The molecule has 1 unspecified atom stereocenters. The summed E-state index contributed by atoms with van der Waals surface area (Å²) in [5.41, 5.74) is 3.75. The average molecular weight is 373 g/mol. The average Bonchev–Trinajstić information content (AvgIpc) is 2.99. The number of carbonyl (C=O) groups is 3. The zero-order valence-corrected chi connectivity index (χ0v) is 15.4. The Morgan fingerprint density at radius 3 is 2.61 bits per heavy atom. The van der Waals surface area contributed by atoms with E-state index in [1.165, 1.54) is 0 Å². The van der Waals surface area contributed by atoms with Crippen LogP contribution in [0.5, 0.6) is 0 Å². The van der Waals surface area contributed by atoms with Gasteiger partial charge in [0.1, 0.15) is 0 Å². The first-order chi connectivity index (χ1) is 13.5. The Bertz CT molecular complexity index is 1090. The highest BCUT2D eigenvalue weighted by Gasteiger charge is 2.30. The number of nitrogens with zero attached hydrogens (tertiary/aromatic N) is 1. The first-order valence-corrected chi connectivity index (χ1v) is 9.10. The number of aromatic nitrogens is 1. The van der Waals surface area contributed by atoms with Crippen LogP contribution in [-0.4, -0.2) is 22.7 Å². The summed E-state index contributed by atoms with van der Waals surface area (Å²) in [4.78, 5) is 40.3. The quantitative estimate of drug-likeness (QED) is 0.688. The molecule has 3 aromatic rings. The highest BCUT2D eigenvalue weighted by Crippen LogP contribution is 2.21. The molecule has 0 spiro atoms. The summed E-state index contributed by atoms with van der Waals surface area (Å²) in [6, 6.07) is 16.7. The molecule has 1 aliphatic rings. The molecule has 1 aromatic heterocycles. The molecule has 1 fully saturated rings. The fourth-order valence-corrected chi connectivity index (χ4v) is 3.47. The minimum Gasteiger partial charge on any atom is -0.322 e. The number of para-hydroxylation sites is 1. The van der Waals surface area contributed by atoms with Gasteiger partial charge in [-0.15, -0.1) is 0 Å². The van der Waals surface area contributed by atoms with Gasteiger partial charge < -0.3 is 5.32 Å². The van der Waals surface area contributed by atoms with Crippen molar-refractivity contribution < 1.29 is 14.4 Å². The van der Waals surface area contributed by atoms with E-state index in [-0.39, 0.29) is 30.1 Å². The maximum atomic E-state index is 12.8. The van der Waals surface area contributed by atoms with Crippen LogP contribution in [0.2, 0.25) is 0 Å². The third-order valence-corrected chi connectivity index (χ3v) is 4.85. The molecule has 6 nitrogen and oxygen atoms in total. The standard InChI is InChI=1S/C22H19N3O3/c1-13-10-18(17-4-2-3-5-19(17)23-13)22(28)24-16-8-6-14(7-9-16)11-15-12-20(26)25-21(15)27/h2-10,15H,11-12H2,1H3,(H,24,28)(H,25,26,27). The lowest BCUT2D eigenvalue weighted by Crippen LogP contribution is -2.22. The minimum atomic E-state index is -0.320. The van der Waals surface area contributed by atoms with Crippen LogP contribution < -0.4 is 10.6 Å². The lowest BCUT2D eigenvalue weighted by atomic mass is 9.98. The molecule has 0 saturated carbocycles. The van der Waals surface area contributed by atoms with E-state index in [1.807, 2.05) is 43.3 Å². The fraction of sp³-hybridized carbons (Fsp3) is 0.182. The first kappa shape index (κ1) is 17.9. The van der Waals surface area contributed by atoms with Gasteiger partial charge in [-0.25, -0.2) is 0 Å². The van der Waals surface area contributed by atoms with E-state index in [4.69, 9.17) is 0 Å². The van der Waals surface area contributed by atoms with Crippen LogP contribution >= 0.6 is 0 Å². The predicted molar refractivity (Wildman–Crippen MR) is 106 cm³/mol. The first-order valence-electron chi connectivity index (χ1n) is 9.10. The zero-order chi connectivity index (χ0) is 19.7. The number of amides is 3. The van der Waals surface area contributed by atoms with E-state index in [9.17, 15) is 14.4 Å². The molecule has 4 rings (SSSR count). The van der Waals surface area contributed by atoms with Gasteiger partial charge in [0.15, 0.2) is 0 Å². The monoisotopic (exact) mass is 373 g/mol. The Morgan fingerprint density at radius 2 is 1.89 bits per heavy atom. The van der Waals surface area contributed by atoms with Crippen molar-refractivity contribution >= 4 is 34.3 Å². The van der Waals surface area contributed by atoms with Crippen molar-refractivity contribution in [1.29, 1.82) is 0 Å². The topological polar surface area (TPSA) is 88.2 Å². The molecule has 0 radical (unpaired) electrons. The molecule has 2 aromatic carbocycles. The van der Waals surface area contributed by atoms with Gasteiger partial charge in [-0.3, -0.25) is 24.7 Å². The van der Waals surface area contributed by atoms with Gasteiger partial charge in [-0.2, -0.15) is 0 Å². The van der Waals surface area contributed by atoms with Gasteiger partial charge in [0.2, 0.25) is 11.8 Å². The third-order valence-electron chi connectivity index (χ3n) is 4.85. The van der Waals surface area contributed by atoms with Crippen molar-refractivity contribution in [2.24, 2.45) is 5.92 Å². The number of nitrogens with one attached hydrogen (secondary N) is 2. The van der Waals surface area contributed by atoms with Crippen LogP contribution in [-0.2, 0) is 16.0 Å². The number of rotatable bonds is 4. The van der Waals surface area contributed by atoms with Gasteiger partial charge >= 0.3 is 0 Å². The van der Waals surface area contributed by atoms with E-state index >= 15 is 0 Å². The van der Waals surface area contributed by atoms with E-state index < -0.39 is 0 Å². The largest absolute Gasteiger partial charge is 0.322 e. The molecular formula is C22H19N3O3. The van der Waals surface area contributed by atoms with Crippen molar-refractivity contribution in [1.82, 2.24) is 10.3 Å². The number of anilines is 1. The smallest absolute Gasteiger partial charge is 0.256 e. The van der Waals surface area contributed by atoms with E-state index in [1.54, 1.807) is 18.2 Å². The maximum absolute atomic E-state index is 12.8. The number of hydrogen-bond donors (Lipinski definition) is 2. The van der Waals surface area contributed by atoms with Crippen molar-refractivity contribution in [3.05, 3.63) is 71.4 Å². The van der Waals surface area contributed by atoms with Crippen LogP contribution in [0.15, 0.2) is 54.6 Å². The molecule has 1 atom stereocenters. The highest BCUT2D eigenvalue weighted by atomic mass is 16.2. The Kier molecular flexibility index (Phi) is 4.61. The molecule has 0 aliphatic carbocycles. The van der Waals surface area contributed by atoms with Crippen LogP contribution in [0.1, 0.15) is 28.0 Å². The summed E-state index contributed by atoms with van der Waals surface area (Å²) >= 11 is 0. The fourth-order valence-electron chi connectivity index (χ4n) is 3.47. The van der Waals surface area contributed by atoms with Crippen molar-refractivity contribution in [3.8, 4) is 0 Å². The van der Waals surface area contributed by atoms with Gasteiger partial charge in [0, 0.05) is 23.2 Å². The molecule has 140 valence electrons. The number of pyridine rings is 1. The molecule has 1 saturated heterocycles. The van der Waals surface area contributed by atoms with Gasteiger partial charge in [-0.1, -0.05) is 30.3 Å². The molecule has 0 bridgehead atoms. The normalized spacial score (nSPS) is 16.2. The highest BCUT2D eigenvalue weighted by molar-refractivity contribution is 6.12. The summed E-state index contributed by atoms with van der Waals surface area (Å²) in [5, 5.41) is 6.04. The minimum absolute atomic E-state index is 0.199. The molecular weight excluding hydrogens is 354 g/mol. The Hall–Kier alpha value is -3.54. The molecule has 1 aliphatic heterocycles. The second kappa shape index (κ2) is 7.23. The Labute approximate surface area is 162 Å². The summed E-state index contributed by atoms with van der Waals surface area (Å²) in [7, 11) is 0. The summed E-state index contributed by atoms with van der Waals surface area (Å²) < 4.78 is 0. The van der Waals surface area contributed by atoms with Crippen molar-refractivity contribution in [2.45, 2.75) is 19.8 Å². The molecule has 6 heteroatoms. The number of aryl methyl sites for hydroxylation is 1. The lowest BCUT2D eigenvalue weighted by Gasteiger charge is -2.10. The van der Waals surface area contributed by atoms with Crippen LogP contribution in [0.4, 0.5) is 5.69 Å². The zero-order valence-electron chi connectivity index (χ0n) is 15.4. The summed E-state index contributed by atoms with van der Waals surface area (Å²) in [5.74, 6) is -0.963. The second-order valence-electron chi connectivity index (χ2n) is 7.00. The Morgan fingerprint density at radius 1 is 1.14 bits per heavy atom. The van der Waals surface area contributed by atoms with E-state index in [2.05, 4.69) is 15.6 Å². The third kappa shape index (κ3) is 3.62. The van der Waals surface area contributed by atoms with Crippen LogP contribution in [0.25, 0.3) is 10.9 Å². The van der Waals surface area contributed by atoms with Crippen LogP contribution in [0.3, 0.4) is 0 Å². The van der Waals surface area contributed by atoms with Gasteiger partial charge in [-0.05, 0) is 43.2 Å².